The summed E-state index contributed by atoms with van der Waals surface area (Å²) in [5.41, 5.74) is 4.14. The van der Waals surface area contributed by atoms with E-state index in [0.717, 1.165) is 35.5 Å². The molecule has 4 rings (SSSR count). The number of benzene rings is 4. The Balaban J connectivity index is 1.44. The lowest BCUT2D eigenvalue weighted by atomic mass is 10.1. The second-order valence-electron chi connectivity index (χ2n) is 7.25. The van der Waals surface area contributed by atoms with Crippen LogP contribution in [0, 0.1) is 24.3 Å². The summed E-state index contributed by atoms with van der Waals surface area (Å²) in [5, 5.41) is 15.1. The highest BCUT2D eigenvalue weighted by Crippen LogP contribution is 2.30. The summed E-state index contributed by atoms with van der Waals surface area (Å²) in [7, 11) is 0. The van der Waals surface area contributed by atoms with E-state index in [0.29, 0.717) is 6.61 Å². The number of nitriles is 1. The zero-order chi connectivity index (χ0) is 24.1. The van der Waals surface area contributed by atoms with Gasteiger partial charge in [-0.3, -0.25) is 4.79 Å². The van der Waals surface area contributed by atoms with E-state index in [1.54, 1.807) is 0 Å². The van der Waals surface area contributed by atoms with E-state index in [-0.39, 0.29) is 11.1 Å². The summed E-state index contributed by atoms with van der Waals surface area (Å²) in [5.74, 6) is -0.698. The third-order valence-electron chi connectivity index (χ3n) is 5.00. The van der Waals surface area contributed by atoms with E-state index in [9.17, 15) is 9.18 Å². The molecule has 1 amide bonds. The van der Waals surface area contributed by atoms with Gasteiger partial charge in [0.2, 0.25) is 0 Å². The number of carbonyl (C=O) groups is 1. The summed E-state index contributed by atoms with van der Waals surface area (Å²) in [6.07, 6.45) is 1.48. The van der Waals surface area contributed by atoms with E-state index in [1.165, 1.54) is 23.7 Å². The molecule has 0 aliphatic rings. The van der Waals surface area contributed by atoms with Crippen molar-refractivity contribution in [2.45, 2.75) is 6.61 Å². The Morgan fingerprint density at radius 3 is 2.53 bits per heavy atom. The van der Waals surface area contributed by atoms with Gasteiger partial charge >= 0.3 is 0 Å². The van der Waals surface area contributed by atoms with Crippen molar-refractivity contribution in [2.24, 2.45) is 5.10 Å². The normalized spacial score (nSPS) is 10.9. The highest BCUT2D eigenvalue weighted by atomic mass is 127. The van der Waals surface area contributed by atoms with Crippen LogP contribution < -0.4 is 10.2 Å². The second kappa shape index (κ2) is 10.9. The SMILES string of the molecule is N#Cc1ccc(C(=O)N/N=C\c2cc(I)c(OCc3cccc4ccccc34)c(I)c2)c(F)c1. The van der Waals surface area contributed by atoms with Crippen LogP contribution >= 0.6 is 45.2 Å². The number of amides is 1. The summed E-state index contributed by atoms with van der Waals surface area (Å²) in [6.45, 7) is 0.438. The molecule has 34 heavy (non-hydrogen) atoms. The van der Waals surface area contributed by atoms with Crippen molar-refractivity contribution in [3.63, 3.8) is 0 Å². The number of ether oxygens (including phenoxy) is 1. The molecule has 0 radical (unpaired) electrons. The first-order valence-electron chi connectivity index (χ1n) is 10.1. The molecular weight excluding hydrogens is 659 g/mol. The van der Waals surface area contributed by atoms with Crippen LogP contribution in [0.3, 0.4) is 0 Å². The molecule has 0 unspecified atom stereocenters. The Morgan fingerprint density at radius 2 is 1.79 bits per heavy atom. The number of hydrogen-bond acceptors (Lipinski definition) is 4. The predicted octanol–water partition coefficient (Wildman–Crippen LogP) is 6.40. The van der Waals surface area contributed by atoms with Gasteiger partial charge in [-0.05, 0) is 97.4 Å². The summed E-state index contributed by atoms with van der Waals surface area (Å²) >= 11 is 4.41. The van der Waals surface area contributed by atoms with Crippen molar-refractivity contribution in [2.75, 3.05) is 0 Å². The van der Waals surface area contributed by atoms with Crippen molar-refractivity contribution in [3.8, 4) is 11.8 Å². The maximum Gasteiger partial charge on any atom is 0.274 e. The summed E-state index contributed by atoms with van der Waals surface area (Å²) < 4.78 is 21.9. The van der Waals surface area contributed by atoms with Gasteiger partial charge in [0.25, 0.3) is 5.91 Å². The van der Waals surface area contributed by atoms with Gasteiger partial charge in [0.1, 0.15) is 18.2 Å². The van der Waals surface area contributed by atoms with Crippen LogP contribution in [0.15, 0.2) is 77.9 Å². The molecule has 4 aromatic rings. The number of fused-ring (bicyclic) bond motifs is 1. The lowest BCUT2D eigenvalue weighted by Gasteiger charge is -2.13. The zero-order valence-electron chi connectivity index (χ0n) is 17.6. The van der Waals surface area contributed by atoms with Gasteiger partial charge in [0.05, 0.1) is 30.6 Å². The Kier molecular flexibility index (Phi) is 7.74. The Labute approximate surface area is 222 Å². The molecule has 0 bridgehead atoms. The molecule has 0 aromatic heterocycles. The van der Waals surface area contributed by atoms with Gasteiger partial charge in [-0.2, -0.15) is 10.4 Å². The molecule has 0 saturated heterocycles. The van der Waals surface area contributed by atoms with Crippen molar-refractivity contribution in [3.05, 3.63) is 108 Å². The fourth-order valence-electron chi connectivity index (χ4n) is 3.35. The van der Waals surface area contributed by atoms with Crippen molar-refractivity contribution < 1.29 is 13.9 Å². The molecule has 4 aromatic carbocycles. The molecule has 0 fully saturated rings. The topological polar surface area (TPSA) is 74.5 Å². The van der Waals surface area contributed by atoms with Crippen LogP contribution in [-0.2, 0) is 6.61 Å². The number of carbonyl (C=O) groups excluding carboxylic acids is 1. The van der Waals surface area contributed by atoms with E-state index < -0.39 is 11.7 Å². The van der Waals surface area contributed by atoms with Crippen LogP contribution in [0.4, 0.5) is 4.39 Å². The van der Waals surface area contributed by atoms with Crippen LogP contribution in [0.1, 0.15) is 27.0 Å². The van der Waals surface area contributed by atoms with Crippen LogP contribution in [0.25, 0.3) is 10.8 Å². The summed E-state index contributed by atoms with van der Waals surface area (Å²) in [4.78, 5) is 12.2. The van der Waals surface area contributed by atoms with E-state index >= 15 is 0 Å². The third-order valence-corrected chi connectivity index (χ3v) is 6.60. The number of halogens is 3. The minimum Gasteiger partial charge on any atom is -0.487 e. The van der Waals surface area contributed by atoms with Crippen molar-refractivity contribution in [1.29, 1.82) is 5.26 Å². The second-order valence-corrected chi connectivity index (χ2v) is 9.57. The van der Waals surface area contributed by atoms with Gasteiger partial charge < -0.3 is 4.74 Å². The Morgan fingerprint density at radius 1 is 1.06 bits per heavy atom. The lowest BCUT2D eigenvalue weighted by Crippen LogP contribution is -2.19. The molecule has 0 aliphatic carbocycles. The largest absolute Gasteiger partial charge is 0.487 e. The fourth-order valence-corrected chi connectivity index (χ4v) is 5.48. The standard InChI is InChI=1S/C26H16FI2N3O2/c27-22-10-16(13-30)8-9-21(22)26(33)32-31-14-17-11-23(28)25(24(29)12-17)34-15-19-6-3-5-18-4-1-2-7-20(18)19/h1-12,14H,15H2,(H,32,33)/b31-14-. The number of nitrogens with one attached hydrogen (secondary N) is 1. The molecule has 1 N–H and O–H groups in total. The Hall–Kier alpha value is -3.04. The first kappa shape index (κ1) is 24.1. The first-order valence-corrected chi connectivity index (χ1v) is 12.2. The zero-order valence-corrected chi connectivity index (χ0v) is 21.9. The highest BCUT2D eigenvalue weighted by Gasteiger charge is 2.12. The lowest BCUT2D eigenvalue weighted by molar-refractivity contribution is 0.0951. The van der Waals surface area contributed by atoms with Crippen molar-refractivity contribution >= 4 is 68.1 Å². The Bertz CT molecular complexity index is 1440. The van der Waals surface area contributed by atoms with Crippen LogP contribution in [-0.4, -0.2) is 12.1 Å². The molecule has 0 spiro atoms. The highest BCUT2D eigenvalue weighted by molar-refractivity contribution is 14.1. The minimum atomic E-state index is -0.774. The average molecular weight is 675 g/mol. The van der Waals surface area contributed by atoms with Crippen LogP contribution in [0.5, 0.6) is 5.75 Å². The molecule has 0 saturated carbocycles. The molecule has 5 nitrogen and oxygen atoms in total. The predicted molar refractivity (Wildman–Crippen MR) is 146 cm³/mol. The molecule has 168 valence electrons. The van der Waals surface area contributed by atoms with Gasteiger partial charge in [-0.15, -0.1) is 0 Å². The quantitative estimate of drug-likeness (QED) is 0.146. The van der Waals surface area contributed by atoms with Crippen LogP contribution in [0.2, 0.25) is 0 Å². The van der Waals surface area contributed by atoms with Gasteiger partial charge in [0, 0.05) is 0 Å². The smallest absolute Gasteiger partial charge is 0.274 e. The fraction of sp³-hybridized carbons (Fsp3) is 0.0385. The van der Waals surface area contributed by atoms with E-state index in [2.05, 4.69) is 80.0 Å². The maximum absolute atomic E-state index is 14.0. The summed E-state index contributed by atoms with van der Waals surface area (Å²) in [6, 6.07) is 23.6. The molecular formula is C26H16FI2N3O2. The maximum atomic E-state index is 14.0. The van der Waals surface area contributed by atoms with Gasteiger partial charge in [-0.25, -0.2) is 9.82 Å². The number of rotatable bonds is 6. The number of nitrogens with zero attached hydrogens (tertiary/aromatic N) is 2. The number of hydrogen-bond donors (Lipinski definition) is 1. The van der Waals surface area contributed by atoms with E-state index in [4.69, 9.17) is 10.00 Å². The van der Waals surface area contributed by atoms with Gasteiger partial charge in [-0.1, -0.05) is 42.5 Å². The van der Waals surface area contributed by atoms with Gasteiger partial charge in [0.15, 0.2) is 0 Å². The average Bonchev–Trinajstić information content (AvgIpc) is 2.83. The minimum absolute atomic E-state index is 0.143. The third kappa shape index (κ3) is 5.53. The molecule has 0 heterocycles. The number of hydrazone groups is 1. The first-order chi connectivity index (χ1) is 16.5. The molecule has 8 heteroatoms. The van der Waals surface area contributed by atoms with Crippen molar-refractivity contribution in [1.82, 2.24) is 5.43 Å². The molecule has 0 atom stereocenters. The molecule has 0 aliphatic heterocycles. The monoisotopic (exact) mass is 675 g/mol. The van der Waals surface area contributed by atoms with E-state index in [1.807, 2.05) is 36.4 Å².